The number of amides is 1. The maximum absolute atomic E-state index is 13.6. The van der Waals surface area contributed by atoms with E-state index in [2.05, 4.69) is 38.2 Å². The Morgan fingerprint density at radius 3 is 1.00 bits per heavy atom. The minimum absolute atomic E-state index is 0.0446. The Balaban J connectivity index is 4.91. The van der Waals surface area contributed by atoms with E-state index < -0.39 is 20.0 Å². The number of unbranched alkanes of at least 4 members (excludes halogenated alkanes) is 52. The number of nitrogens with zero attached hydrogens (tertiary/aromatic N) is 1. The van der Waals surface area contributed by atoms with E-state index in [0.29, 0.717) is 23.9 Å². The normalized spacial score (nSPS) is 13.5. The van der Waals surface area contributed by atoms with Crippen LogP contribution in [-0.2, 0) is 27.9 Å². The first-order valence-corrected chi connectivity index (χ1v) is 39.2. The standard InChI is InChI=1S/C75H147N2O7P/c1-7-10-13-16-19-22-25-27-29-31-33-35-37-38-40-41-43-45-47-49-52-55-58-61-64-67-74(78)76-72(71-83-85(80,81)82-70-69-77(4,5)6)73(66-63-60-57-54-51-24-21-18-15-12-9-3)84-75(79)68-65-62-59-56-53-50-48-46-44-42-39-36-34-32-30-28-26-23-20-17-14-11-8-2/h28,30,63,66,72-73H,7-27,29,31-62,64-65,67-71H2,1-6H3,(H-,76,78,80,81)/p+1/b30-28+,66-63+. The van der Waals surface area contributed by atoms with Crippen LogP contribution in [0.25, 0.3) is 0 Å². The summed E-state index contributed by atoms with van der Waals surface area (Å²) in [6, 6.07) is -0.843. The molecule has 0 aliphatic heterocycles. The highest BCUT2D eigenvalue weighted by molar-refractivity contribution is 7.47. The summed E-state index contributed by atoms with van der Waals surface area (Å²) in [5.74, 6) is -0.481. The summed E-state index contributed by atoms with van der Waals surface area (Å²) in [4.78, 5) is 37.9. The molecule has 504 valence electrons. The van der Waals surface area contributed by atoms with Gasteiger partial charge in [-0.2, -0.15) is 0 Å². The lowest BCUT2D eigenvalue weighted by Gasteiger charge is -2.27. The van der Waals surface area contributed by atoms with E-state index >= 15 is 0 Å². The van der Waals surface area contributed by atoms with Gasteiger partial charge in [0, 0.05) is 12.8 Å². The van der Waals surface area contributed by atoms with Crippen LogP contribution < -0.4 is 5.32 Å². The number of allylic oxidation sites excluding steroid dienone is 3. The summed E-state index contributed by atoms with van der Waals surface area (Å²) in [6.07, 6.45) is 80.7. The van der Waals surface area contributed by atoms with E-state index in [0.717, 1.165) is 57.8 Å². The predicted molar refractivity (Wildman–Crippen MR) is 370 cm³/mol. The van der Waals surface area contributed by atoms with Gasteiger partial charge in [-0.3, -0.25) is 18.6 Å². The molecule has 1 amide bonds. The van der Waals surface area contributed by atoms with Gasteiger partial charge >= 0.3 is 13.8 Å². The van der Waals surface area contributed by atoms with Crippen LogP contribution in [-0.4, -0.2) is 74.3 Å². The monoisotopic (exact) mass is 1220 g/mol. The number of quaternary nitrogens is 1. The second-order valence-corrected chi connectivity index (χ2v) is 28.6. The van der Waals surface area contributed by atoms with Crippen molar-refractivity contribution in [2.75, 3.05) is 40.9 Å². The highest BCUT2D eigenvalue weighted by Gasteiger charge is 2.30. The largest absolute Gasteiger partial charge is 0.472 e. The number of hydrogen-bond acceptors (Lipinski definition) is 6. The number of carbonyl (C=O) groups is 2. The summed E-state index contributed by atoms with van der Waals surface area (Å²) in [7, 11) is 1.52. The number of rotatable bonds is 70. The Kier molecular flexibility index (Phi) is 64.3. The summed E-state index contributed by atoms with van der Waals surface area (Å²) < 4.78 is 30.9. The molecule has 9 nitrogen and oxygen atoms in total. The van der Waals surface area contributed by atoms with Crippen molar-refractivity contribution in [2.45, 2.75) is 405 Å². The van der Waals surface area contributed by atoms with Crippen molar-refractivity contribution in [2.24, 2.45) is 0 Å². The lowest BCUT2D eigenvalue weighted by atomic mass is 10.0. The topological polar surface area (TPSA) is 111 Å². The third kappa shape index (κ3) is 66.7. The average Bonchev–Trinajstić information content (AvgIpc) is 3.62. The Labute approximate surface area is 530 Å². The lowest BCUT2D eigenvalue weighted by molar-refractivity contribution is -0.870. The van der Waals surface area contributed by atoms with Crippen molar-refractivity contribution in [1.29, 1.82) is 0 Å². The first-order valence-electron chi connectivity index (χ1n) is 37.7. The number of hydrogen-bond donors (Lipinski definition) is 2. The second-order valence-electron chi connectivity index (χ2n) is 27.2. The molecule has 0 aliphatic rings. The first kappa shape index (κ1) is 83.5. The number of nitrogens with one attached hydrogen (secondary N) is 1. The molecule has 2 N–H and O–H groups in total. The van der Waals surface area contributed by atoms with E-state index in [1.54, 1.807) is 0 Å². The molecular weight excluding hydrogens is 1070 g/mol. The zero-order valence-corrected chi connectivity index (χ0v) is 58.8. The van der Waals surface area contributed by atoms with Crippen molar-refractivity contribution >= 4 is 19.7 Å². The number of likely N-dealkylation sites (N-methyl/N-ethyl adjacent to an activating group) is 1. The van der Waals surface area contributed by atoms with Crippen LogP contribution in [0.3, 0.4) is 0 Å². The van der Waals surface area contributed by atoms with Gasteiger partial charge in [0.1, 0.15) is 19.3 Å². The van der Waals surface area contributed by atoms with Crippen molar-refractivity contribution in [3.63, 3.8) is 0 Å². The fraction of sp³-hybridized carbons (Fsp3) is 0.920. The van der Waals surface area contributed by atoms with Crippen LogP contribution in [0.5, 0.6) is 0 Å². The molecule has 85 heavy (non-hydrogen) atoms. The molecule has 0 aromatic carbocycles. The third-order valence-corrected chi connectivity index (χ3v) is 18.4. The number of esters is 1. The minimum Gasteiger partial charge on any atom is -0.456 e. The molecule has 0 aliphatic carbocycles. The van der Waals surface area contributed by atoms with Gasteiger partial charge in [0.15, 0.2) is 0 Å². The number of phosphoric ester groups is 1. The average molecular weight is 1220 g/mol. The Morgan fingerprint density at radius 1 is 0.400 bits per heavy atom. The highest BCUT2D eigenvalue weighted by atomic mass is 31.2. The molecule has 0 radical (unpaired) electrons. The molecule has 0 saturated carbocycles. The fourth-order valence-electron chi connectivity index (χ4n) is 11.6. The molecule has 10 heteroatoms. The van der Waals surface area contributed by atoms with Gasteiger partial charge in [-0.1, -0.05) is 347 Å². The molecule has 0 fully saturated rings. The number of ether oxygens (including phenoxy) is 1. The smallest absolute Gasteiger partial charge is 0.456 e. The molecule has 0 saturated heterocycles. The quantitative estimate of drug-likeness (QED) is 0.0205. The predicted octanol–water partition coefficient (Wildman–Crippen LogP) is 24.0. The van der Waals surface area contributed by atoms with Gasteiger partial charge in [0.05, 0.1) is 33.8 Å². The van der Waals surface area contributed by atoms with E-state index in [1.807, 2.05) is 33.3 Å². The van der Waals surface area contributed by atoms with Gasteiger partial charge in [0.2, 0.25) is 5.91 Å². The van der Waals surface area contributed by atoms with Gasteiger partial charge in [-0.25, -0.2) is 4.57 Å². The van der Waals surface area contributed by atoms with E-state index in [9.17, 15) is 19.0 Å². The second kappa shape index (κ2) is 65.4. The van der Waals surface area contributed by atoms with E-state index in [1.165, 1.54) is 302 Å². The summed E-state index contributed by atoms with van der Waals surface area (Å²) >= 11 is 0. The SMILES string of the molecule is CCCCCCCC/C=C/CCCCCCCCCCCCCCCC(=O)OC(/C=C/CCCCCCCCCCC)C(COP(=O)(O)OCC[N+](C)(C)C)NC(=O)CCCCCCCCCCCCCCCCCCCCCCCCCCC. The summed E-state index contributed by atoms with van der Waals surface area (Å²) in [5.41, 5.74) is 0. The van der Waals surface area contributed by atoms with Gasteiger partial charge in [0.25, 0.3) is 0 Å². The molecule has 3 unspecified atom stereocenters. The Bertz CT molecular complexity index is 1500. The zero-order chi connectivity index (χ0) is 62.1. The number of carbonyl (C=O) groups excluding carboxylic acids is 2. The molecule has 0 bridgehead atoms. The maximum atomic E-state index is 13.6. The van der Waals surface area contributed by atoms with Gasteiger partial charge < -0.3 is 19.4 Å². The van der Waals surface area contributed by atoms with E-state index in [-0.39, 0.29) is 25.1 Å². The Morgan fingerprint density at radius 2 is 0.682 bits per heavy atom. The van der Waals surface area contributed by atoms with Crippen LogP contribution >= 0.6 is 7.82 Å². The molecule has 0 aromatic heterocycles. The van der Waals surface area contributed by atoms with Crippen molar-refractivity contribution < 1.29 is 37.3 Å². The highest BCUT2D eigenvalue weighted by Crippen LogP contribution is 2.43. The van der Waals surface area contributed by atoms with Crippen molar-refractivity contribution in [3.05, 3.63) is 24.3 Å². The van der Waals surface area contributed by atoms with Gasteiger partial charge in [-0.05, 0) is 57.4 Å². The minimum atomic E-state index is -4.45. The molecule has 0 heterocycles. The van der Waals surface area contributed by atoms with Crippen LogP contribution in [0.2, 0.25) is 0 Å². The van der Waals surface area contributed by atoms with Crippen LogP contribution in [0.4, 0.5) is 0 Å². The zero-order valence-electron chi connectivity index (χ0n) is 57.9. The molecule has 0 aromatic rings. The van der Waals surface area contributed by atoms with Crippen LogP contribution in [0.1, 0.15) is 393 Å². The molecule has 3 atom stereocenters. The van der Waals surface area contributed by atoms with Gasteiger partial charge in [-0.15, -0.1) is 0 Å². The molecule has 0 rings (SSSR count). The number of phosphoric acid groups is 1. The Hall–Kier alpha value is -1.51. The van der Waals surface area contributed by atoms with E-state index in [4.69, 9.17) is 13.8 Å². The summed E-state index contributed by atoms with van der Waals surface area (Å²) in [5, 5.41) is 3.08. The lowest BCUT2D eigenvalue weighted by Crippen LogP contribution is -2.47. The third-order valence-electron chi connectivity index (χ3n) is 17.4. The van der Waals surface area contributed by atoms with Crippen molar-refractivity contribution in [1.82, 2.24) is 5.32 Å². The van der Waals surface area contributed by atoms with Crippen molar-refractivity contribution in [3.8, 4) is 0 Å². The molecular formula is C75H148N2O7P+. The van der Waals surface area contributed by atoms with Crippen LogP contribution in [0.15, 0.2) is 24.3 Å². The molecule has 0 spiro atoms. The first-order chi connectivity index (χ1) is 41.4. The summed E-state index contributed by atoms with van der Waals surface area (Å²) in [6.45, 7) is 7.08. The van der Waals surface area contributed by atoms with Crippen LogP contribution in [0, 0.1) is 0 Å². The maximum Gasteiger partial charge on any atom is 0.472 e. The fourth-order valence-corrected chi connectivity index (χ4v) is 12.3.